The molecule has 47 heavy (non-hydrogen) atoms. The summed E-state index contributed by atoms with van der Waals surface area (Å²) in [4.78, 5) is 34.3. The lowest BCUT2D eigenvalue weighted by atomic mass is 10.2. The number of hydrogen-bond acceptors (Lipinski definition) is 8. The third kappa shape index (κ3) is 6.86. The Bertz CT molecular complexity index is 2130. The van der Waals surface area contributed by atoms with Gasteiger partial charge < -0.3 is 19.6 Å². The molecule has 6 aromatic rings. The second-order valence-electron chi connectivity index (χ2n) is 10.8. The molecule has 0 fully saturated rings. The average Bonchev–Trinajstić information content (AvgIpc) is 3.68. The molecule has 0 bridgehead atoms. The van der Waals surface area contributed by atoms with Crippen LogP contribution in [0.5, 0.6) is 5.88 Å². The van der Waals surface area contributed by atoms with Gasteiger partial charge in [0.25, 0.3) is 5.91 Å². The summed E-state index contributed by atoms with van der Waals surface area (Å²) in [7, 11) is -1.08. The summed E-state index contributed by atoms with van der Waals surface area (Å²) in [5, 5.41) is 9.13. The quantitative estimate of drug-likeness (QED) is 0.107. The maximum atomic E-state index is 15.2. The van der Waals surface area contributed by atoms with Gasteiger partial charge in [-0.25, -0.2) is 0 Å². The number of aromatic nitrogens is 4. The molecule has 10 nitrogen and oxygen atoms in total. The van der Waals surface area contributed by atoms with E-state index in [2.05, 4.69) is 15.3 Å². The molecular formula is C35H32N5O5PS. The van der Waals surface area contributed by atoms with Gasteiger partial charge in [-0.15, -0.1) is 0 Å². The van der Waals surface area contributed by atoms with Gasteiger partial charge in [0.1, 0.15) is 0 Å². The van der Waals surface area contributed by atoms with Gasteiger partial charge in [0.15, 0.2) is 5.88 Å². The summed E-state index contributed by atoms with van der Waals surface area (Å²) in [5.41, 5.74) is 3.15. The van der Waals surface area contributed by atoms with E-state index in [0.717, 1.165) is 26.4 Å². The number of fused-ring (bicyclic) bond motifs is 2. The summed E-state index contributed by atoms with van der Waals surface area (Å²) >= 11 is 1.40. The van der Waals surface area contributed by atoms with Crippen LogP contribution in [0.1, 0.15) is 28.7 Å². The van der Waals surface area contributed by atoms with E-state index in [1.54, 1.807) is 32.3 Å². The SMILES string of the molecule is CNC(=O)c1ccccc1Sc1ccc2c(/C=C/c3ccccn3)nn(P(=O)(C[C@@H](C)C(=O)OC)Oc3cc4ccccc4[nH]3)c2c1. The normalized spacial score (nSPS) is 13.4. The Kier molecular flexibility index (Phi) is 9.29. The summed E-state index contributed by atoms with van der Waals surface area (Å²) in [5.74, 6) is -1.20. The number of amides is 1. The number of rotatable bonds is 11. The van der Waals surface area contributed by atoms with E-state index in [0.29, 0.717) is 22.2 Å². The highest BCUT2D eigenvalue weighted by molar-refractivity contribution is 7.99. The number of carbonyl (C=O) groups is 2. The van der Waals surface area contributed by atoms with Crippen molar-refractivity contribution in [1.82, 2.24) is 24.8 Å². The van der Waals surface area contributed by atoms with Crippen LogP contribution in [0.3, 0.4) is 0 Å². The van der Waals surface area contributed by atoms with E-state index in [-0.39, 0.29) is 17.9 Å². The summed E-state index contributed by atoms with van der Waals surface area (Å²) < 4.78 is 27.9. The first-order chi connectivity index (χ1) is 22.8. The number of aromatic amines is 1. The standard InChI is InChI=1S/C35H32N5O5PS/c1-23(35(42)44-3)22-46(43,45-33-20-24-10-4-6-13-29(24)38-33)40-31-21-26(47-32-14-7-5-12-28(32)34(41)36-2)16-17-27(31)30(39-40)18-15-25-11-8-9-19-37-25/h4-21,23,38H,22H2,1-3H3,(H,36,41)/b18-15+/t23-,46?/m1/s1. The second kappa shape index (κ2) is 13.7. The number of methoxy groups -OCH3 is 1. The van der Waals surface area contributed by atoms with Crippen LogP contribution < -0.4 is 9.84 Å². The number of H-pyrrole nitrogens is 1. The predicted octanol–water partition coefficient (Wildman–Crippen LogP) is 7.52. The van der Waals surface area contributed by atoms with Gasteiger partial charge in [0.2, 0.25) is 0 Å². The van der Waals surface area contributed by atoms with Crippen LogP contribution in [0.15, 0.2) is 107 Å². The number of pyridine rings is 1. The highest BCUT2D eigenvalue weighted by Gasteiger charge is 2.36. The van der Waals surface area contributed by atoms with E-state index >= 15 is 4.57 Å². The van der Waals surface area contributed by atoms with Crippen LogP contribution in [-0.4, -0.2) is 51.7 Å². The molecule has 0 aliphatic heterocycles. The molecule has 2 N–H and O–H groups in total. The van der Waals surface area contributed by atoms with Crippen LogP contribution in [0.2, 0.25) is 0 Å². The Morgan fingerprint density at radius 3 is 2.57 bits per heavy atom. The summed E-state index contributed by atoms with van der Waals surface area (Å²) in [6.07, 6.45) is 5.17. The Morgan fingerprint density at radius 2 is 1.81 bits per heavy atom. The molecule has 2 atom stereocenters. The number of nitrogens with one attached hydrogen (secondary N) is 2. The van der Waals surface area contributed by atoms with Gasteiger partial charge in [0, 0.05) is 45.4 Å². The van der Waals surface area contributed by atoms with Crippen molar-refractivity contribution >= 4 is 65.1 Å². The first-order valence-corrected chi connectivity index (χ1v) is 17.4. The van der Waals surface area contributed by atoms with Crippen molar-refractivity contribution in [1.29, 1.82) is 0 Å². The number of nitrogens with zero attached hydrogens (tertiary/aromatic N) is 3. The zero-order valence-corrected chi connectivity index (χ0v) is 27.6. The molecule has 3 aromatic heterocycles. The average molecular weight is 666 g/mol. The lowest BCUT2D eigenvalue weighted by molar-refractivity contribution is -0.144. The molecule has 1 amide bonds. The zero-order valence-electron chi connectivity index (χ0n) is 25.9. The molecule has 12 heteroatoms. The lowest BCUT2D eigenvalue weighted by Gasteiger charge is -2.22. The number of ether oxygens (including phenoxy) is 1. The molecule has 0 saturated heterocycles. The molecule has 0 spiro atoms. The molecular weight excluding hydrogens is 633 g/mol. The minimum atomic E-state index is -3.97. The second-order valence-corrected chi connectivity index (χ2v) is 14.1. The smallest absolute Gasteiger partial charge is 0.365 e. The van der Waals surface area contributed by atoms with Crippen LogP contribution in [0.25, 0.3) is 34.0 Å². The van der Waals surface area contributed by atoms with Gasteiger partial charge in [0.05, 0.1) is 41.7 Å². The molecule has 0 aliphatic carbocycles. The van der Waals surface area contributed by atoms with Crippen molar-refractivity contribution in [2.24, 2.45) is 5.92 Å². The van der Waals surface area contributed by atoms with Gasteiger partial charge in [-0.1, -0.05) is 55.1 Å². The molecule has 3 heterocycles. The van der Waals surface area contributed by atoms with Crippen molar-refractivity contribution in [3.05, 3.63) is 114 Å². The van der Waals surface area contributed by atoms with E-state index in [4.69, 9.17) is 14.4 Å². The topological polar surface area (TPSA) is 128 Å². The fraction of sp³-hybridized carbons (Fsp3) is 0.143. The summed E-state index contributed by atoms with van der Waals surface area (Å²) in [6.45, 7) is 1.65. The minimum absolute atomic E-state index is 0.175. The molecule has 1 unspecified atom stereocenters. The van der Waals surface area contributed by atoms with Gasteiger partial charge in [-0.05, 0) is 60.7 Å². The van der Waals surface area contributed by atoms with Crippen molar-refractivity contribution in [2.45, 2.75) is 16.7 Å². The van der Waals surface area contributed by atoms with E-state index in [1.807, 2.05) is 91.0 Å². The number of benzene rings is 3. The van der Waals surface area contributed by atoms with Gasteiger partial charge in [-0.3, -0.25) is 19.1 Å². The molecule has 3 aromatic carbocycles. The molecule has 0 aliphatic rings. The van der Waals surface area contributed by atoms with Crippen LogP contribution in [-0.2, 0) is 14.1 Å². The van der Waals surface area contributed by atoms with Gasteiger partial charge in [-0.2, -0.15) is 9.55 Å². The van der Waals surface area contributed by atoms with E-state index in [9.17, 15) is 9.59 Å². The van der Waals surface area contributed by atoms with E-state index < -0.39 is 19.4 Å². The highest BCUT2D eigenvalue weighted by atomic mass is 32.2. The number of para-hydroxylation sites is 1. The first-order valence-electron chi connectivity index (χ1n) is 14.8. The first kappa shape index (κ1) is 31.8. The monoisotopic (exact) mass is 665 g/mol. The molecule has 0 saturated carbocycles. The van der Waals surface area contributed by atoms with Crippen molar-refractivity contribution in [2.75, 3.05) is 20.3 Å². The molecule has 6 rings (SSSR count). The number of carbonyl (C=O) groups excluding carboxylic acids is 2. The van der Waals surface area contributed by atoms with Crippen LogP contribution in [0.4, 0.5) is 0 Å². The molecule has 0 radical (unpaired) electrons. The predicted molar refractivity (Wildman–Crippen MR) is 185 cm³/mol. The van der Waals surface area contributed by atoms with Crippen molar-refractivity contribution in [3.63, 3.8) is 0 Å². The van der Waals surface area contributed by atoms with Gasteiger partial charge >= 0.3 is 13.5 Å². The fourth-order valence-electron chi connectivity index (χ4n) is 5.19. The Balaban J connectivity index is 1.50. The van der Waals surface area contributed by atoms with Crippen molar-refractivity contribution < 1.29 is 23.4 Å². The minimum Gasteiger partial charge on any atom is -0.469 e. The Hall–Kier alpha value is -5.12. The number of esters is 1. The fourth-order valence-corrected chi connectivity index (χ4v) is 8.45. The third-order valence-electron chi connectivity index (χ3n) is 7.49. The maximum absolute atomic E-state index is 15.2. The zero-order chi connectivity index (χ0) is 33.0. The lowest BCUT2D eigenvalue weighted by Crippen LogP contribution is -2.21. The Labute approximate surface area is 275 Å². The van der Waals surface area contributed by atoms with Crippen molar-refractivity contribution in [3.8, 4) is 5.88 Å². The van der Waals surface area contributed by atoms with Crippen LogP contribution >= 0.6 is 19.3 Å². The third-order valence-corrected chi connectivity index (χ3v) is 10.9. The van der Waals surface area contributed by atoms with Crippen LogP contribution in [0, 0.1) is 5.92 Å². The maximum Gasteiger partial charge on any atom is 0.365 e. The molecule has 238 valence electrons. The largest absolute Gasteiger partial charge is 0.469 e. The van der Waals surface area contributed by atoms with E-state index in [1.165, 1.54) is 23.3 Å². The number of hydrogen-bond donors (Lipinski definition) is 2. The Morgan fingerprint density at radius 1 is 1.02 bits per heavy atom. The summed E-state index contributed by atoms with van der Waals surface area (Å²) in [6, 6.07) is 28.0. The highest BCUT2D eigenvalue weighted by Crippen LogP contribution is 2.52.